The van der Waals surface area contributed by atoms with Crippen molar-refractivity contribution in [3.8, 4) is 5.75 Å². The SMILES string of the molecule is O=Cc1ccc(OCC(=O)OCC(=O)Nc2ncc(Cl)cc2Cl)cc1. The van der Waals surface area contributed by atoms with Gasteiger partial charge in [-0.1, -0.05) is 23.2 Å². The summed E-state index contributed by atoms with van der Waals surface area (Å²) in [6, 6.07) is 7.59. The summed E-state index contributed by atoms with van der Waals surface area (Å²) in [6.07, 6.45) is 2.01. The molecule has 25 heavy (non-hydrogen) atoms. The number of aromatic nitrogens is 1. The Labute approximate surface area is 152 Å². The monoisotopic (exact) mass is 382 g/mol. The fourth-order valence-electron chi connectivity index (χ4n) is 1.65. The van der Waals surface area contributed by atoms with Gasteiger partial charge in [0.25, 0.3) is 5.91 Å². The van der Waals surface area contributed by atoms with Crippen LogP contribution in [0, 0.1) is 0 Å². The molecule has 1 amide bonds. The molecule has 0 spiro atoms. The van der Waals surface area contributed by atoms with Crippen LogP contribution in [-0.2, 0) is 14.3 Å². The second-order valence-electron chi connectivity index (χ2n) is 4.67. The van der Waals surface area contributed by atoms with E-state index in [1.165, 1.54) is 24.4 Å². The quantitative estimate of drug-likeness (QED) is 0.584. The van der Waals surface area contributed by atoms with Crippen LogP contribution in [0.2, 0.25) is 10.0 Å². The van der Waals surface area contributed by atoms with Crippen LogP contribution >= 0.6 is 23.2 Å². The van der Waals surface area contributed by atoms with Crippen molar-refractivity contribution < 1.29 is 23.9 Å². The molecule has 0 unspecified atom stereocenters. The molecule has 1 heterocycles. The van der Waals surface area contributed by atoms with Gasteiger partial charge in [0.2, 0.25) is 0 Å². The zero-order chi connectivity index (χ0) is 18.2. The van der Waals surface area contributed by atoms with Gasteiger partial charge in [0.15, 0.2) is 19.0 Å². The average Bonchev–Trinajstić information content (AvgIpc) is 2.61. The van der Waals surface area contributed by atoms with Gasteiger partial charge in [-0.25, -0.2) is 9.78 Å². The highest BCUT2D eigenvalue weighted by atomic mass is 35.5. The molecule has 2 rings (SSSR count). The van der Waals surface area contributed by atoms with E-state index in [4.69, 9.17) is 32.7 Å². The lowest BCUT2D eigenvalue weighted by molar-refractivity contribution is -0.149. The third-order valence-corrected chi connectivity index (χ3v) is 3.30. The first-order valence-electron chi connectivity index (χ1n) is 6.92. The van der Waals surface area contributed by atoms with Gasteiger partial charge in [0, 0.05) is 11.8 Å². The first-order valence-corrected chi connectivity index (χ1v) is 7.68. The molecule has 0 bridgehead atoms. The number of hydrogen-bond acceptors (Lipinski definition) is 6. The van der Waals surface area contributed by atoms with E-state index in [1.54, 1.807) is 12.1 Å². The van der Waals surface area contributed by atoms with E-state index in [0.29, 0.717) is 22.6 Å². The van der Waals surface area contributed by atoms with Crippen molar-refractivity contribution in [1.29, 1.82) is 0 Å². The van der Waals surface area contributed by atoms with Gasteiger partial charge >= 0.3 is 5.97 Å². The summed E-state index contributed by atoms with van der Waals surface area (Å²) in [7, 11) is 0. The molecule has 0 aliphatic rings. The summed E-state index contributed by atoms with van der Waals surface area (Å²) in [4.78, 5) is 37.6. The molecule has 2 aromatic rings. The smallest absolute Gasteiger partial charge is 0.344 e. The van der Waals surface area contributed by atoms with Crippen LogP contribution in [-0.4, -0.2) is 36.4 Å². The maximum atomic E-state index is 11.7. The second-order valence-corrected chi connectivity index (χ2v) is 5.51. The van der Waals surface area contributed by atoms with E-state index in [9.17, 15) is 14.4 Å². The molecule has 0 atom stereocenters. The van der Waals surface area contributed by atoms with E-state index in [1.807, 2.05) is 0 Å². The van der Waals surface area contributed by atoms with Crippen LogP contribution in [0.4, 0.5) is 5.82 Å². The summed E-state index contributed by atoms with van der Waals surface area (Å²) in [5, 5.41) is 2.88. The number of amides is 1. The Hall–Kier alpha value is -2.64. The van der Waals surface area contributed by atoms with Crippen LogP contribution in [0.1, 0.15) is 10.4 Å². The van der Waals surface area contributed by atoms with Crippen LogP contribution in [0.15, 0.2) is 36.5 Å². The molecule has 7 nitrogen and oxygen atoms in total. The topological polar surface area (TPSA) is 94.6 Å². The number of aldehydes is 1. The minimum Gasteiger partial charge on any atom is -0.482 e. The zero-order valence-corrected chi connectivity index (χ0v) is 14.2. The first kappa shape index (κ1) is 18.7. The number of esters is 1. The summed E-state index contributed by atoms with van der Waals surface area (Å²) in [5.41, 5.74) is 0.487. The molecule has 1 aromatic heterocycles. The fraction of sp³-hybridized carbons (Fsp3) is 0.125. The van der Waals surface area contributed by atoms with Gasteiger partial charge < -0.3 is 14.8 Å². The van der Waals surface area contributed by atoms with E-state index >= 15 is 0 Å². The van der Waals surface area contributed by atoms with Crippen molar-refractivity contribution in [2.24, 2.45) is 0 Å². The van der Waals surface area contributed by atoms with Crippen molar-refractivity contribution in [2.75, 3.05) is 18.5 Å². The Morgan fingerprint density at radius 3 is 2.52 bits per heavy atom. The highest BCUT2D eigenvalue weighted by Gasteiger charge is 2.11. The molecule has 0 saturated carbocycles. The largest absolute Gasteiger partial charge is 0.482 e. The molecule has 0 fully saturated rings. The molecule has 130 valence electrons. The predicted octanol–water partition coefficient (Wildman–Crippen LogP) is 2.76. The molecule has 1 aromatic carbocycles. The number of nitrogens with one attached hydrogen (secondary N) is 1. The standard InChI is InChI=1S/C16H12Cl2N2O5/c17-11-5-13(18)16(19-6-11)20-14(22)8-25-15(23)9-24-12-3-1-10(7-21)2-4-12/h1-7H,8-9H2,(H,19,20,22). The van der Waals surface area contributed by atoms with Crippen molar-refractivity contribution in [3.63, 3.8) is 0 Å². The minimum atomic E-state index is -0.732. The maximum Gasteiger partial charge on any atom is 0.344 e. The van der Waals surface area contributed by atoms with Gasteiger partial charge in [-0.3, -0.25) is 9.59 Å². The summed E-state index contributed by atoms with van der Waals surface area (Å²) in [5.74, 6) is -0.840. The molecule has 0 saturated heterocycles. The van der Waals surface area contributed by atoms with E-state index in [0.717, 1.165) is 0 Å². The Morgan fingerprint density at radius 2 is 1.88 bits per heavy atom. The lowest BCUT2D eigenvalue weighted by atomic mass is 10.2. The molecular weight excluding hydrogens is 371 g/mol. The molecule has 0 aliphatic heterocycles. The highest BCUT2D eigenvalue weighted by Crippen LogP contribution is 2.22. The maximum absolute atomic E-state index is 11.7. The fourth-order valence-corrected chi connectivity index (χ4v) is 2.07. The normalized spacial score (nSPS) is 10.0. The van der Waals surface area contributed by atoms with Crippen molar-refractivity contribution in [2.45, 2.75) is 0 Å². The minimum absolute atomic E-state index is 0.110. The molecule has 1 N–H and O–H groups in total. The van der Waals surface area contributed by atoms with Crippen LogP contribution in [0.25, 0.3) is 0 Å². The van der Waals surface area contributed by atoms with Crippen molar-refractivity contribution in [1.82, 2.24) is 4.98 Å². The van der Waals surface area contributed by atoms with E-state index in [-0.39, 0.29) is 17.4 Å². The number of carbonyl (C=O) groups is 3. The Morgan fingerprint density at radius 1 is 1.16 bits per heavy atom. The molecule has 0 aliphatic carbocycles. The number of rotatable bonds is 7. The lowest BCUT2D eigenvalue weighted by Gasteiger charge is -2.08. The number of nitrogens with zero attached hydrogens (tertiary/aromatic N) is 1. The second kappa shape index (κ2) is 9.00. The Bertz CT molecular complexity index is 781. The number of ether oxygens (including phenoxy) is 2. The third-order valence-electron chi connectivity index (χ3n) is 2.80. The van der Waals surface area contributed by atoms with Gasteiger partial charge in [-0.15, -0.1) is 0 Å². The number of anilines is 1. The van der Waals surface area contributed by atoms with E-state index in [2.05, 4.69) is 10.3 Å². The van der Waals surface area contributed by atoms with Gasteiger partial charge in [0.05, 0.1) is 10.0 Å². The number of pyridine rings is 1. The van der Waals surface area contributed by atoms with Crippen LogP contribution in [0.3, 0.4) is 0 Å². The molecular formula is C16H12Cl2N2O5. The van der Waals surface area contributed by atoms with E-state index < -0.39 is 18.5 Å². The zero-order valence-electron chi connectivity index (χ0n) is 12.7. The van der Waals surface area contributed by atoms with Gasteiger partial charge in [-0.05, 0) is 30.3 Å². The van der Waals surface area contributed by atoms with Crippen LogP contribution in [0.5, 0.6) is 5.75 Å². The summed E-state index contributed by atoms with van der Waals surface area (Å²) >= 11 is 11.6. The van der Waals surface area contributed by atoms with Crippen molar-refractivity contribution >= 4 is 47.2 Å². The Balaban J connectivity index is 1.75. The number of benzene rings is 1. The summed E-state index contributed by atoms with van der Waals surface area (Å²) < 4.78 is 9.96. The third kappa shape index (κ3) is 6.06. The highest BCUT2D eigenvalue weighted by molar-refractivity contribution is 6.36. The predicted molar refractivity (Wildman–Crippen MR) is 91.2 cm³/mol. The first-order chi connectivity index (χ1) is 12.0. The number of halogens is 2. The molecule has 0 radical (unpaired) electrons. The molecule has 9 heteroatoms. The van der Waals surface area contributed by atoms with Gasteiger partial charge in [0.1, 0.15) is 12.0 Å². The summed E-state index contributed by atoms with van der Waals surface area (Å²) in [6.45, 7) is -0.902. The Kier molecular flexibility index (Phi) is 6.73. The van der Waals surface area contributed by atoms with Crippen LogP contribution < -0.4 is 10.1 Å². The number of hydrogen-bond donors (Lipinski definition) is 1. The van der Waals surface area contributed by atoms with Gasteiger partial charge in [-0.2, -0.15) is 0 Å². The van der Waals surface area contributed by atoms with Crippen molar-refractivity contribution in [3.05, 3.63) is 52.1 Å². The number of carbonyl (C=O) groups excluding carboxylic acids is 3. The lowest BCUT2D eigenvalue weighted by Crippen LogP contribution is -2.24. The average molecular weight is 383 g/mol.